The van der Waals surface area contributed by atoms with Crippen LogP contribution in [0, 0.1) is 0 Å². The second-order valence-corrected chi connectivity index (χ2v) is 5.40. The molecule has 0 aliphatic carbocycles. The van der Waals surface area contributed by atoms with Crippen molar-refractivity contribution < 1.29 is 0 Å². The number of hydrogen-bond acceptors (Lipinski definition) is 6. The first-order valence-electron chi connectivity index (χ1n) is 5.61. The van der Waals surface area contributed by atoms with Gasteiger partial charge >= 0.3 is 0 Å². The molecule has 0 spiro atoms. The molecular formula is C12H14ClN5S. The number of thioether (sulfide) groups is 1. The zero-order valence-electron chi connectivity index (χ0n) is 10.7. The highest BCUT2D eigenvalue weighted by molar-refractivity contribution is 7.98. The number of rotatable bonds is 4. The zero-order chi connectivity index (χ0) is 13.8. The second kappa shape index (κ2) is 6.08. The fourth-order valence-corrected chi connectivity index (χ4v) is 2.51. The Hall–Kier alpha value is -1.53. The minimum Gasteiger partial charge on any atom is -0.368 e. The van der Waals surface area contributed by atoms with Crippen molar-refractivity contribution in [3.05, 3.63) is 34.9 Å². The van der Waals surface area contributed by atoms with Crippen LogP contribution in [-0.4, -0.2) is 29.0 Å². The standard InChI is InChI=1S/C12H14ClN5S/c1-18(2)11-15-10(14)16-12(17-11)19-7-8-5-3-4-6-9(8)13/h3-6H,7H2,1-2H3,(H2,14,15,16,17). The first kappa shape index (κ1) is 13.9. The number of halogens is 1. The topological polar surface area (TPSA) is 67.9 Å². The van der Waals surface area contributed by atoms with E-state index >= 15 is 0 Å². The van der Waals surface area contributed by atoms with Crippen molar-refractivity contribution in [2.24, 2.45) is 0 Å². The van der Waals surface area contributed by atoms with E-state index in [1.807, 2.05) is 38.4 Å². The smallest absolute Gasteiger partial charge is 0.230 e. The van der Waals surface area contributed by atoms with E-state index in [0.29, 0.717) is 16.9 Å². The van der Waals surface area contributed by atoms with Crippen molar-refractivity contribution in [2.75, 3.05) is 24.7 Å². The van der Waals surface area contributed by atoms with Gasteiger partial charge in [-0.2, -0.15) is 15.0 Å². The van der Waals surface area contributed by atoms with E-state index in [1.54, 1.807) is 4.90 Å². The van der Waals surface area contributed by atoms with E-state index in [4.69, 9.17) is 17.3 Å². The molecule has 0 bridgehead atoms. The fraction of sp³-hybridized carbons (Fsp3) is 0.250. The van der Waals surface area contributed by atoms with Crippen LogP contribution in [0.5, 0.6) is 0 Å². The highest BCUT2D eigenvalue weighted by Crippen LogP contribution is 2.25. The summed E-state index contributed by atoms with van der Waals surface area (Å²) in [5.41, 5.74) is 6.71. The lowest BCUT2D eigenvalue weighted by Crippen LogP contribution is -2.15. The number of nitrogens with two attached hydrogens (primary N) is 1. The quantitative estimate of drug-likeness (QED) is 0.874. The molecule has 0 amide bonds. The molecule has 2 rings (SSSR count). The normalized spacial score (nSPS) is 10.5. The van der Waals surface area contributed by atoms with Gasteiger partial charge in [-0.1, -0.05) is 41.6 Å². The van der Waals surface area contributed by atoms with E-state index in [-0.39, 0.29) is 5.95 Å². The van der Waals surface area contributed by atoms with Gasteiger partial charge in [-0.25, -0.2) is 0 Å². The third-order valence-electron chi connectivity index (χ3n) is 2.33. The summed E-state index contributed by atoms with van der Waals surface area (Å²) in [5, 5.41) is 1.33. The largest absolute Gasteiger partial charge is 0.368 e. The molecule has 100 valence electrons. The molecule has 7 heteroatoms. The van der Waals surface area contributed by atoms with Crippen LogP contribution in [0.4, 0.5) is 11.9 Å². The fourth-order valence-electron chi connectivity index (χ4n) is 1.38. The Kier molecular flexibility index (Phi) is 4.44. The van der Waals surface area contributed by atoms with E-state index < -0.39 is 0 Å². The molecule has 1 heterocycles. The first-order valence-corrected chi connectivity index (χ1v) is 6.97. The monoisotopic (exact) mass is 295 g/mol. The van der Waals surface area contributed by atoms with Crippen LogP contribution < -0.4 is 10.6 Å². The number of nitrogens with zero attached hydrogens (tertiary/aromatic N) is 4. The molecule has 0 radical (unpaired) electrons. The maximum Gasteiger partial charge on any atom is 0.230 e. The summed E-state index contributed by atoms with van der Waals surface area (Å²) in [5.74, 6) is 1.46. The Morgan fingerprint density at radius 2 is 1.95 bits per heavy atom. The molecular weight excluding hydrogens is 282 g/mol. The van der Waals surface area contributed by atoms with Gasteiger partial charge in [-0.05, 0) is 11.6 Å². The van der Waals surface area contributed by atoms with Gasteiger partial charge in [-0.15, -0.1) is 0 Å². The predicted molar refractivity (Wildman–Crippen MR) is 79.6 cm³/mol. The average molecular weight is 296 g/mol. The van der Waals surface area contributed by atoms with Crippen molar-refractivity contribution in [1.29, 1.82) is 0 Å². The average Bonchev–Trinajstić information content (AvgIpc) is 2.37. The lowest BCUT2D eigenvalue weighted by Gasteiger charge is -2.11. The van der Waals surface area contributed by atoms with Gasteiger partial charge < -0.3 is 10.6 Å². The minimum atomic E-state index is 0.223. The highest BCUT2D eigenvalue weighted by Gasteiger charge is 2.08. The molecule has 1 aromatic heterocycles. The molecule has 2 N–H and O–H groups in total. The van der Waals surface area contributed by atoms with Gasteiger partial charge in [0, 0.05) is 24.9 Å². The molecule has 0 unspecified atom stereocenters. The van der Waals surface area contributed by atoms with Crippen molar-refractivity contribution >= 4 is 35.3 Å². The Labute approximate surface area is 121 Å². The summed E-state index contributed by atoms with van der Waals surface area (Å²) >= 11 is 7.58. The molecule has 0 aliphatic rings. The molecule has 0 fully saturated rings. The second-order valence-electron chi connectivity index (χ2n) is 4.05. The molecule has 0 saturated heterocycles. The van der Waals surface area contributed by atoms with Gasteiger partial charge in [0.1, 0.15) is 0 Å². The SMILES string of the molecule is CN(C)c1nc(N)nc(SCc2ccccc2Cl)n1. The maximum absolute atomic E-state index is 6.10. The van der Waals surface area contributed by atoms with Crippen LogP contribution in [0.1, 0.15) is 5.56 Å². The molecule has 1 aromatic carbocycles. The van der Waals surface area contributed by atoms with Crippen LogP contribution in [0.2, 0.25) is 5.02 Å². The first-order chi connectivity index (χ1) is 9.06. The van der Waals surface area contributed by atoms with Crippen molar-refractivity contribution in [3.8, 4) is 0 Å². The van der Waals surface area contributed by atoms with Gasteiger partial charge in [0.2, 0.25) is 11.9 Å². The summed E-state index contributed by atoms with van der Waals surface area (Å²) < 4.78 is 0. The van der Waals surface area contributed by atoms with E-state index in [9.17, 15) is 0 Å². The van der Waals surface area contributed by atoms with Crippen LogP contribution in [-0.2, 0) is 5.75 Å². The van der Waals surface area contributed by atoms with E-state index in [1.165, 1.54) is 11.8 Å². The predicted octanol–water partition coefficient (Wildman–Crippen LogP) is 2.47. The maximum atomic E-state index is 6.10. The summed E-state index contributed by atoms with van der Waals surface area (Å²) in [7, 11) is 3.72. The number of benzene rings is 1. The van der Waals surface area contributed by atoms with Crippen molar-refractivity contribution in [2.45, 2.75) is 10.9 Å². The third kappa shape index (κ3) is 3.71. The minimum absolute atomic E-state index is 0.223. The van der Waals surface area contributed by atoms with Crippen LogP contribution >= 0.6 is 23.4 Å². The Morgan fingerprint density at radius 3 is 2.63 bits per heavy atom. The number of anilines is 2. The number of aromatic nitrogens is 3. The zero-order valence-corrected chi connectivity index (χ0v) is 12.2. The Bertz CT molecular complexity index is 576. The van der Waals surface area contributed by atoms with E-state index in [2.05, 4.69) is 15.0 Å². The van der Waals surface area contributed by atoms with Gasteiger partial charge in [0.15, 0.2) is 5.16 Å². The number of nitrogen functional groups attached to an aromatic ring is 1. The molecule has 19 heavy (non-hydrogen) atoms. The van der Waals surface area contributed by atoms with Crippen molar-refractivity contribution in [3.63, 3.8) is 0 Å². The number of hydrogen-bond donors (Lipinski definition) is 1. The highest BCUT2D eigenvalue weighted by atomic mass is 35.5. The van der Waals surface area contributed by atoms with Crippen LogP contribution in [0.3, 0.4) is 0 Å². The van der Waals surface area contributed by atoms with Crippen molar-refractivity contribution in [1.82, 2.24) is 15.0 Å². The summed E-state index contributed by atoms with van der Waals surface area (Å²) in [6, 6.07) is 7.70. The molecule has 0 aliphatic heterocycles. The molecule has 5 nitrogen and oxygen atoms in total. The summed E-state index contributed by atoms with van der Waals surface area (Å²) in [6.45, 7) is 0. The lowest BCUT2D eigenvalue weighted by atomic mass is 10.2. The summed E-state index contributed by atoms with van der Waals surface area (Å²) in [4.78, 5) is 14.3. The van der Waals surface area contributed by atoms with Gasteiger partial charge in [0.05, 0.1) is 0 Å². The third-order valence-corrected chi connectivity index (χ3v) is 3.60. The molecule has 0 atom stereocenters. The Balaban J connectivity index is 2.14. The molecule has 2 aromatic rings. The van der Waals surface area contributed by atoms with E-state index in [0.717, 1.165) is 10.6 Å². The Morgan fingerprint density at radius 1 is 1.21 bits per heavy atom. The van der Waals surface area contributed by atoms with Crippen LogP contribution in [0.15, 0.2) is 29.4 Å². The lowest BCUT2D eigenvalue weighted by molar-refractivity contribution is 0.876. The summed E-state index contributed by atoms with van der Waals surface area (Å²) in [6.07, 6.45) is 0. The van der Waals surface area contributed by atoms with Gasteiger partial charge in [-0.3, -0.25) is 0 Å². The molecule has 0 saturated carbocycles. The van der Waals surface area contributed by atoms with Crippen LogP contribution in [0.25, 0.3) is 0 Å². The van der Waals surface area contributed by atoms with Gasteiger partial charge in [0.25, 0.3) is 0 Å².